The number of esters is 1. The van der Waals surface area contributed by atoms with Crippen LogP contribution in [-0.4, -0.2) is 37.1 Å². The van der Waals surface area contributed by atoms with Gasteiger partial charge in [0.1, 0.15) is 11.5 Å². The summed E-state index contributed by atoms with van der Waals surface area (Å²) in [6.45, 7) is 12.1. The van der Waals surface area contributed by atoms with E-state index in [1.807, 2.05) is 32.9 Å². The topological polar surface area (TPSA) is 120 Å². The monoisotopic (exact) mass is 539 g/mol. The van der Waals surface area contributed by atoms with E-state index in [-0.39, 0.29) is 5.41 Å². The normalized spacial score (nSPS) is 13.3. The molecule has 38 heavy (non-hydrogen) atoms. The van der Waals surface area contributed by atoms with Crippen LogP contribution in [0.2, 0.25) is 0 Å². The molecule has 2 aromatic heterocycles. The van der Waals surface area contributed by atoms with E-state index in [9.17, 15) is 9.00 Å². The molecule has 4 rings (SSSR count). The van der Waals surface area contributed by atoms with Crippen LogP contribution in [0.1, 0.15) is 73.7 Å². The average molecular weight is 540 g/mol. The summed E-state index contributed by atoms with van der Waals surface area (Å²) in [5.74, 6) is 1.71. The zero-order chi connectivity index (χ0) is 27.6. The molecule has 0 aliphatic carbocycles. The van der Waals surface area contributed by atoms with Gasteiger partial charge in [0, 0.05) is 0 Å². The van der Waals surface area contributed by atoms with E-state index in [4.69, 9.17) is 13.7 Å². The van der Waals surface area contributed by atoms with Gasteiger partial charge in [-0.3, -0.25) is 5.10 Å². The average Bonchev–Trinajstić information content (AvgIpc) is 3.44. The molecule has 2 N–H and O–H groups in total. The predicted octanol–water partition coefficient (Wildman–Crippen LogP) is 5.11. The van der Waals surface area contributed by atoms with Gasteiger partial charge in [-0.1, -0.05) is 39.8 Å². The van der Waals surface area contributed by atoms with Crippen molar-refractivity contribution in [2.75, 3.05) is 7.11 Å². The van der Waals surface area contributed by atoms with E-state index < -0.39 is 23.3 Å². The van der Waals surface area contributed by atoms with Crippen LogP contribution < -0.4 is 13.6 Å². The molecular formula is C27H33N5O5S. The molecule has 2 heterocycles. The number of aryl methyl sites for hydroxylation is 2. The second kappa shape index (κ2) is 11.0. The quantitative estimate of drug-likeness (QED) is 0.284. The van der Waals surface area contributed by atoms with E-state index in [1.165, 1.54) is 7.11 Å². The van der Waals surface area contributed by atoms with Crippen molar-refractivity contribution in [1.82, 2.24) is 24.5 Å². The number of rotatable bonds is 9. The van der Waals surface area contributed by atoms with Crippen molar-refractivity contribution in [2.24, 2.45) is 0 Å². The molecule has 2 aromatic carbocycles. The molecule has 0 radical (unpaired) electrons. The number of methoxy groups -OCH3 is 1. The standard InChI is InChI=1S/C27H33N5O5S/c1-8-21-23(36-20-13-10-18(11-14-20)26(33)35-7)25-29-28-24(32(25)30-21)17(3)31-38(34)37-22-15-19(27(4,5)6)12-9-16(22)2/h9-15,17,30-31H,8H2,1-7H3. The van der Waals surface area contributed by atoms with Crippen LogP contribution >= 0.6 is 0 Å². The van der Waals surface area contributed by atoms with Gasteiger partial charge in [-0.2, -0.15) is 8.93 Å². The summed E-state index contributed by atoms with van der Waals surface area (Å²) in [5, 5.41) is 11.9. The van der Waals surface area contributed by atoms with Crippen molar-refractivity contribution in [2.45, 2.75) is 59.4 Å². The van der Waals surface area contributed by atoms with Gasteiger partial charge >= 0.3 is 5.97 Å². The maximum absolute atomic E-state index is 12.9. The third-order valence-electron chi connectivity index (χ3n) is 6.14. The molecule has 0 saturated carbocycles. The fourth-order valence-corrected chi connectivity index (χ4v) is 4.64. The highest BCUT2D eigenvalue weighted by molar-refractivity contribution is 7.78. The zero-order valence-electron chi connectivity index (χ0n) is 22.6. The van der Waals surface area contributed by atoms with Crippen LogP contribution in [0.25, 0.3) is 5.65 Å². The summed E-state index contributed by atoms with van der Waals surface area (Å²) in [4.78, 5) is 11.7. The molecule has 2 atom stereocenters. The first-order chi connectivity index (χ1) is 18.0. The molecule has 0 spiro atoms. The molecule has 0 amide bonds. The van der Waals surface area contributed by atoms with Gasteiger partial charge in [-0.25, -0.2) is 9.31 Å². The minimum absolute atomic E-state index is 0.0606. The zero-order valence-corrected chi connectivity index (χ0v) is 23.4. The number of carbonyl (C=O) groups excluding carboxylic acids is 1. The lowest BCUT2D eigenvalue weighted by Crippen LogP contribution is -2.27. The number of H-pyrrole nitrogens is 1. The van der Waals surface area contributed by atoms with Gasteiger partial charge in [-0.15, -0.1) is 10.2 Å². The van der Waals surface area contributed by atoms with E-state index >= 15 is 0 Å². The first-order valence-electron chi connectivity index (χ1n) is 12.3. The number of nitrogens with zero attached hydrogens (tertiary/aromatic N) is 3. The maximum Gasteiger partial charge on any atom is 0.337 e. The Bertz CT molecular complexity index is 1470. The van der Waals surface area contributed by atoms with Gasteiger partial charge in [0.2, 0.25) is 5.65 Å². The van der Waals surface area contributed by atoms with Crippen molar-refractivity contribution in [3.05, 3.63) is 70.7 Å². The first kappa shape index (κ1) is 27.3. The third-order valence-corrected chi connectivity index (χ3v) is 7.02. The number of fused-ring (bicyclic) bond motifs is 1. The smallest absolute Gasteiger partial charge is 0.337 e. The van der Waals surface area contributed by atoms with Gasteiger partial charge in [0.15, 0.2) is 11.6 Å². The number of aromatic amines is 1. The fraction of sp³-hybridized carbons (Fsp3) is 0.370. The summed E-state index contributed by atoms with van der Waals surface area (Å²) < 4.78 is 34.2. The molecule has 11 heteroatoms. The molecule has 2 unspecified atom stereocenters. The summed E-state index contributed by atoms with van der Waals surface area (Å²) >= 11 is -1.83. The Kier molecular flexibility index (Phi) is 7.89. The Morgan fingerprint density at radius 3 is 2.50 bits per heavy atom. The van der Waals surface area contributed by atoms with Gasteiger partial charge < -0.3 is 13.7 Å². The fourth-order valence-electron chi connectivity index (χ4n) is 3.86. The highest BCUT2D eigenvalue weighted by Gasteiger charge is 2.24. The lowest BCUT2D eigenvalue weighted by atomic mass is 9.86. The maximum atomic E-state index is 12.9. The SMILES string of the molecule is CCc1[nH]n2c(C(C)NS(=O)Oc3cc(C(C)(C)C)ccc3C)nnc2c1Oc1ccc(C(=O)OC)cc1. The van der Waals surface area contributed by atoms with E-state index in [0.29, 0.717) is 40.7 Å². The molecule has 10 nitrogen and oxygen atoms in total. The van der Waals surface area contributed by atoms with Crippen LogP contribution in [0.3, 0.4) is 0 Å². The van der Waals surface area contributed by atoms with Crippen LogP contribution in [0.15, 0.2) is 42.5 Å². The Morgan fingerprint density at radius 2 is 1.87 bits per heavy atom. The Balaban J connectivity index is 1.52. The minimum Gasteiger partial charge on any atom is -0.465 e. The molecule has 4 aromatic rings. The number of benzene rings is 2. The Labute approximate surface area is 224 Å². The summed E-state index contributed by atoms with van der Waals surface area (Å²) in [5.41, 5.74) is 3.65. The number of hydrogen-bond acceptors (Lipinski definition) is 7. The second-order valence-electron chi connectivity index (χ2n) is 10.00. The number of nitrogens with one attached hydrogen (secondary N) is 2. The van der Waals surface area contributed by atoms with Crippen molar-refractivity contribution in [3.8, 4) is 17.2 Å². The second-order valence-corrected chi connectivity index (χ2v) is 10.9. The molecule has 0 bridgehead atoms. The molecule has 202 valence electrons. The van der Waals surface area contributed by atoms with Gasteiger partial charge in [-0.05, 0) is 67.1 Å². The number of aromatic nitrogens is 4. The predicted molar refractivity (Wildman–Crippen MR) is 145 cm³/mol. The van der Waals surface area contributed by atoms with Crippen LogP contribution in [0, 0.1) is 6.92 Å². The number of ether oxygens (including phenoxy) is 2. The van der Waals surface area contributed by atoms with E-state index in [1.54, 1.807) is 28.8 Å². The summed E-state index contributed by atoms with van der Waals surface area (Å²) in [6, 6.07) is 12.1. The van der Waals surface area contributed by atoms with Crippen LogP contribution in [0.4, 0.5) is 0 Å². The highest BCUT2D eigenvalue weighted by Crippen LogP contribution is 2.32. The Hall–Kier alpha value is -3.70. The first-order valence-corrected chi connectivity index (χ1v) is 13.4. The van der Waals surface area contributed by atoms with Crippen LogP contribution in [0.5, 0.6) is 17.2 Å². The molecular weight excluding hydrogens is 506 g/mol. The van der Waals surface area contributed by atoms with Crippen LogP contribution in [-0.2, 0) is 27.8 Å². The van der Waals surface area contributed by atoms with Crippen molar-refractivity contribution >= 4 is 22.9 Å². The third kappa shape index (κ3) is 5.73. The molecule has 0 aliphatic heterocycles. The molecule has 0 aliphatic rings. The van der Waals surface area contributed by atoms with E-state index in [2.05, 4.69) is 46.9 Å². The summed E-state index contributed by atoms with van der Waals surface area (Å²) in [7, 11) is 1.34. The van der Waals surface area contributed by atoms with Gasteiger partial charge in [0.05, 0.1) is 24.4 Å². The molecule has 0 saturated heterocycles. The largest absolute Gasteiger partial charge is 0.465 e. The number of carbonyl (C=O) groups is 1. The minimum atomic E-state index is -1.83. The highest BCUT2D eigenvalue weighted by atomic mass is 32.2. The van der Waals surface area contributed by atoms with Crippen molar-refractivity contribution in [1.29, 1.82) is 0 Å². The van der Waals surface area contributed by atoms with Crippen molar-refractivity contribution < 1.29 is 22.7 Å². The molecule has 0 fully saturated rings. The Morgan fingerprint density at radius 1 is 1.16 bits per heavy atom. The lowest BCUT2D eigenvalue weighted by Gasteiger charge is -2.20. The number of hydrogen-bond donors (Lipinski definition) is 2. The van der Waals surface area contributed by atoms with E-state index in [0.717, 1.165) is 16.8 Å². The van der Waals surface area contributed by atoms with Gasteiger partial charge in [0.25, 0.3) is 11.3 Å². The summed E-state index contributed by atoms with van der Waals surface area (Å²) in [6.07, 6.45) is 0.651. The van der Waals surface area contributed by atoms with Crippen molar-refractivity contribution in [3.63, 3.8) is 0 Å². The lowest BCUT2D eigenvalue weighted by molar-refractivity contribution is 0.0600.